The van der Waals surface area contributed by atoms with Crippen molar-refractivity contribution < 1.29 is 29.3 Å². The fourth-order valence-electron chi connectivity index (χ4n) is 1.38. The number of carboxylic acids is 2. The van der Waals surface area contributed by atoms with Gasteiger partial charge in [-0.2, -0.15) is 0 Å². The molecule has 7 nitrogen and oxygen atoms in total. The Morgan fingerprint density at radius 1 is 1.08 bits per heavy atom. The number of ether oxygens (including phenoxy) is 1. The third-order valence-electron chi connectivity index (χ3n) is 2.67. The van der Waals surface area contributed by atoms with Gasteiger partial charge >= 0.3 is 17.9 Å². The molecule has 7 heteroatoms. The summed E-state index contributed by atoms with van der Waals surface area (Å²) in [6.45, 7) is 16.8. The molecule has 0 saturated heterocycles. The molecule has 0 fully saturated rings. The van der Waals surface area contributed by atoms with Gasteiger partial charge in [0.25, 0.3) is 0 Å². The third-order valence-corrected chi connectivity index (χ3v) is 2.67. The maximum absolute atomic E-state index is 10.8. The molecule has 0 aromatic rings. The van der Waals surface area contributed by atoms with Gasteiger partial charge in [-0.1, -0.05) is 31.9 Å². The van der Waals surface area contributed by atoms with Crippen LogP contribution in [0.4, 0.5) is 0 Å². The molecule has 0 heterocycles. The topological polar surface area (TPSA) is 113 Å². The van der Waals surface area contributed by atoms with Crippen LogP contribution in [0.2, 0.25) is 0 Å². The highest BCUT2D eigenvalue weighted by molar-refractivity contribution is 5.94. The van der Waals surface area contributed by atoms with E-state index in [0.29, 0.717) is 31.5 Å². The number of carboxylic acid groups (broad SMARTS) is 2. The lowest BCUT2D eigenvalue weighted by Gasteiger charge is -2.03. The fourth-order valence-corrected chi connectivity index (χ4v) is 1.38. The Morgan fingerprint density at radius 2 is 1.69 bits per heavy atom. The van der Waals surface area contributed by atoms with Crippen LogP contribution in [0, 0.1) is 0 Å². The molecule has 0 aliphatic rings. The van der Waals surface area contributed by atoms with E-state index >= 15 is 0 Å². The van der Waals surface area contributed by atoms with Crippen molar-refractivity contribution in [3.8, 4) is 0 Å². The number of hydrogen-bond acceptors (Lipinski definition) is 5. The summed E-state index contributed by atoms with van der Waals surface area (Å²) in [7, 11) is 0. The van der Waals surface area contributed by atoms with E-state index in [1.165, 1.54) is 6.08 Å². The van der Waals surface area contributed by atoms with Crippen LogP contribution >= 0.6 is 0 Å². The molecule has 0 aliphatic carbocycles. The second-order valence-corrected chi connectivity index (χ2v) is 5.07. The van der Waals surface area contributed by atoms with Gasteiger partial charge in [-0.3, -0.25) is 0 Å². The highest BCUT2D eigenvalue weighted by Gasteiger charge is 2.10. The maximum Gasteiger partial charge on any atom is 0.335 e. The Balaban J connectivity index is 0. The summed E-state index contributed by atoms with van der Waals surface area (Å²) in [5.41, 5.74) is 0.246. The maximum atomic E-state index is 10.8. The van der Waals surface area contributed by atoms with Crippen LogP contribution in [-0.4, -0.2) is 47.8 Å². The van der Waals surface area contributed by atoms with Crippen LogP contribution in [0.5, 0.6) is 0 Å². The van der Waals surface area contributed by atoms with Crippen molar-refractivity contribution in [3.63, 3.8) is 0 Å². The summed E-state index contributed by atoms with van der Waals surface area (Å²) in [5, 5.41) is 20.5. The molecule has 0 atom stereocenters. The number of aliphatic carboxylic acids is 2. The molecule has 0 aliphatic heterocycles. The first-order valence-electron chi connectivity index (χ1n) is 7.78. The summed E-state index contributed by atoms with van der Waals surface area (Å²) in [5.74, 6) is -2.69. The van der Waals surface area contributed by atoms with E-state index < -0.39 is 11.9 Å². The van der Waals surface area contributed by atoms with Crippen molar-refractivity contribution in [2.24, 2.45) is 0 Å². The molecular formula is C19H27NO6. The Labute approximate surface area is 154 Å². The number of carbonyl (C=O) groups excluding carboxylic acids is 1. The normalized spacial score (nSPS) is 9.96. The molecule has 144 valence electrons. The third kappa shape index (κ3) is 14.6. The highest BCUT2D eigenvalue weighted by atomic mass is 16.5. The zero-order valence-corrected chi connectivity index (χ0v) is 15.1. The zero-order chi connectivity index (χ0) is 20.5. The van der Waals surface area contributed by atoms with Crippen LogP contribution < -0.4 is 5.32 Å². The monoisotopic (exact) mass is 365 g/mol. The van der Waals surface area contributed by atoms with Gasteiger partial charge in [-0.15, -0.1) is 6.58 Å². The second-order valence-electron chi connectivity index (χ2n) is 5.07. The van der Waals surface area contributed by atoms with Gasteiger partial charge in [-0.05, 0) is 32.4 Å². The Morgan fingerprint density at radius 3 is 2.12 bits per heavy atom. The Bertz CT molecular complexity index is 575. The van der Waals surface area contributed by atoms with E-state index in [2.05, 4.69) is 36.4 Å². The van der Waals surface area contributed by atoms with E-state index in [1.54, 1.807) is 13.0 Å². The van der Waals surface area contributed by atoms with Gasteiger partial charge in [-0.25, -0.2) is 14.4 Å². The van der Waals surface area contributed by atoms with Crippen LogP contribution in [0.25, 0.3) is 0 Å². The first-order chi connectivity index (χ1) is 12.2. The van der Waals surface area contributed by atoms with Gasteiger partial charge in [0.1, 0.15) is 6.61 Å². The summed E-state index contributed by atoms with van der Waals surface area (Å²) < 4.78 is 4.60. The highest BCUT2D eigenvalue weighted by Crippen LogP contribution is 2.08. The second kappa shape index (κ2) is 15.6. The first kappa shape index (κ1) is 25.3. The number of rotatable bonds is 12. The number of esters is 1. The summed E-state index contributed by atoms with van der Waals surface area (Å²) >= 11 is 0. The van der Waals surface area contributed by atoms with Crippen LogP contribution in [0.15, 0.2) is 61.3 Å². The van der Waals surface area contributed by atoms with E-state index in [1.807, 2.05) is 0 Å². The average molecular weight is 365 g/mol. The molecule has 0 radical (unpaired) electrons. The molecule has 0 spiro atoms. The van der Waals surface area contributed by atoms with E-state index in [0.717, 1.165) is 6.08 Å². The van der Waals surface area contributed by atoms with Crippen molar-refractivity contribution >= 4 is 17.9 Å². The molecule has 0 amide bonds. The summed E-state index contributed by atoms with van der Waals surface area (Å²) in [6.07, 6.45) is 5.23. The lowest BCUT2D eigenvalue weighted by Crippen LogP contribution is -2.15. The lowest BCUT2D eigenvalue weighted by atomic mass is 10.1. The molecule has 0 aromatic carbocycles. The van der Waals surface area contributed by atoms with Gasteiger partial charge in [0.05, 0.1) is 5.57 Å². The molecule has 0 rings (SSSR count). The van der Waals surface area contributed by atoms with Gasteiger partial charge in [0.15, 0.2) is 0 Å². The van der Waals surface area contributed by atoms with Gasteiger partial charge in [0, 0.05) is 17.7 Å². The lowest BCUT2D eigenvalue weighted by molar-refractivity contribution is -0.138. The van der Waals surface area contributed by atoms with Crippen LogP contribution in [-0.2, 0) is 19.1 Å². The van der Waals surface area contributed by atoms with E-state index in [9.17, 15) is 14.4 Å². The van der Waals surface area contributed by atoms with Crippen molar-refractivity contribution in [2.75, 3.05) is 19.7 Å². The number of hydrogen-bond donors (Lipinski definition) is 3. The summed E-state index contributed by atoms with van der Waals surface area (Å²) in [4.78, 5) is 31.9. The predicted molar refractivity (Wildman–Crippen MR) is 101 cm³/mol. The summed E-state index contributed by atoms with van der Waals surface area (Å²) in [6, 6.07) is 0. The molecule has 0 bridgehead atoms. The Hall–Kier alpha value is -2.93. The smallest absolute Gasteiger partial charge is 0.335 e. The molecule has 0 saturated carbocycles. The predicted octanol–water partition coefficient (Wildman–Crippen LogP) is 2.49. The number of nitrogens with one attached hydrogen (secondary N) is 1. The molecule has 26 heavy (non-hydrogen) atoms. The van der Waals surface area contributed by atoms with Crippen LogP contribution in [0.3, 0.4) is 0 Å². The van der Waals surface area contributed by atoms with Crippen molar-refractivity contribution in [3.05, 3.63) is 61.3 Å². The Kier molecular flexibility index (Phi) is 15.2. The first-order valence-corrected chi connectivity index (χ1v) is 7.78. The van der Waals surface area contributed by atoms with Crippen molar-refractivity contribution in [1.82, 2.24) is 5.32 Å². The standard InChI is InChI=1S/C12H17NO4.C7H10O2/c1-3-6-13-7-4-5-10(12(16)17)8-9(2)11(14)15;1-4-5-9-7(8)6(2)3/h3,8,13H,1-2,4-7H2,(H,14,15)(H,16,17);4H,1-2,5H2,3H3. The largest absolute Gasteiger partial charge is 0.478 e. The van der Waals surface area contributed by atoms with E-state index in [4.69, 9.17) is 10.2 Å². The molecule has 0 aromatic heterocycles. The number of carbonyl (C=O) groups is 3. The minimum Gasteiger partial charge on any atom is -0.478 e. The minimum absolute atomic E-state index is 0.0535. The quantitative estimate of drug-likeness (QED) is 0.160. The molecular weight excluding hydrogens is 338 g/mol. The van der Waals surface area contributed by atoms with E-state index in [-0.39, 0.29) is 23.7 Å². The fraction of sp³-hybridized carbons (Fsp3) is 0.316. The van der Waals surface area contributed by atoms with Crippen LogP contribution in [0.1, 0.15) is 19.8 Å². The van der Waals surface area contributed by atoms with Crippen molar-refractivity contribution in [2.45, 2.75) is 19.8 Å². The van der Waals surface area contributed by atoms with Crippen molar-refractivity contribution in [1.29, 1.82) is 0 Å². The molecule has 0 unspecified atom stereocenters. The SMILES string of the molecule is C=CCNCCCC(=CC(=C)C(=O)O)C(=O)O.C=CCOC(=O)C(=C)C. The molecule has 3 N–H and O–H groups in total. The minimum atomic E-state index is -1.21. The average Bonchev–Trinajstić information content (AvgIpc) is 2.58. The zero-order valence-electron chi connectivity index (χ0n) is 15.1. The van der Waals surface area contributed by atoms with Gasteiger partial charge in [0.2, 0.25) is 0 Å². The van der Waals surface area contributed by atoms with Gasteiger partial charge < -0.3 is 20.3 Å².